The van der Waals surface area contributed by atoms with Gasteiger partial charge in [0.05, 0.1) is 11.3 Å². The Morgan fingerprint density at radius 3 is 2.06 bits per heavy atom. The molecule has 0 N–H and O–H groups in total. The van der Waals surface area contributed by atoms with E-state index in [0.717, 1.165) is 24.4 Å². The molecule has 0 unspecified atom stereocenters. The fraction of sp³-hybridized carbons (Fsp3) is 0.231. The van der Waals surface area contributed by atoms with E-state index in [1.54, 1.807) is 0 Å². The summed E-state index contributed by atoms with van der Waals surface area (Å²) >= 11 is 1.50. The van der Waals surface area contributed by atoms with Crippen LogP contribution >= 0.6 is 11.3 Å². The van der Waals surface area contributed by atoms with Crippen LogP contribution in [0.5, 0.6) is 0 Å². The highest BCUT2D eigenvalue weighted by Crippen LogP contribution is 2.37. The second-order valence-electron chi connectivity index (χ2n) is 7.98. The van der Waals surface area contributed by atoms with Gasteiger partial charge in [-0.2, -0.15) is 0 Å². The van der Waals surface area contributed by atoms with Crippen molar-refractivity contribution in [1.82, 2.24) is 4.90 Å². The molecule has 2 aromatic carbocycles. The predicted molar refractivity (Wildman–Crippen MR) is 130 cm³/mol. The van der Waals surface area contributed by atoms with Crippen molar-refractivity contribution in [2.24, 2.45) is 0 Å². The molecule has 3 aromatic rings. The maximum absolute atomic E-state index is 13.6. The minimum atomic E-state index is -0.234. The molecule has 0 aliphatic carbocycles. The molecule has 0 atom stereocenters. The molecule has 162 valence electrons. The molecule has 6 heteroatoms. The molecule has 3 heterocycles. The normalized spacial score (nSPS) is 17.0. The number of thiophene rings is 1. The van der Waals surface area contributed by atoms with Crippen molar-refractivity contribution in [3.05, 3.63) is 88.2 Å². The van der Waals surface area contributed by atoms with Gasteiger partial charge in [0, 0.05) is 36.7 Å². The number of benzene rings is 2. The van der Waals surface area contributed by atoms with Gasteiger partial charge in [-0.25, -0.2) is 4.90 Å². The Labute approximate surface area is 192 Å². The quantitative estimate of drug-likeness (QED) is 0.548. The summed E-state index contributed by atoms with van der Waals surface area (Å²) in [5.74, 6) is -0.460. The van der Waals surface area contributed by atoms with Gasteiger partial charge in [-0.15, -0.1) is 11.3 Å². The number of amides is 2. The fourth-order valence-corrected chi connectivity index (χ4v) is 5.16. The number of rotatable bonds is 5. The van der Waals surface area contributed by atoms with Crippen molar-refractivity contribution in [3.8, 4) is 0 Å². The molecule has 2 aliphatic heterocycles. The van der Waals surface area contributed by atoms with E-state index in [9.17, 15) is 9.59 Å². The van der Waals surface area contributed by atoms with E-state index in [4.69, 9.17) is 0 Å². The summed E-state index contributed by atoms with van der Waals surface area (Å²) in [5, 5.41) is 1.95. The lowest BCUT2D eigenvalue weighted by Crippen LogP contribution is -2.47. The molecule has 1 fully saturated rings. The summed E-state index contributed by atoms with van der Waals surface area (Å²) in [5.41, 5.74) is 4.05. The summed E-state index contributed by atoms with van der Waals surface area (Å²) in [6, 6.07) is 21.9. The fourth-order valence-electron chi connectivity index (χ4n) is 4.40. The second-order valence-corrected chi connectivity index (χ2v) is 8.92. The molecule has 0 spiro atoms. The van der Waals surface area contributed by atoms with Gasteiger partial charge in [-0.05, 0) is 47.7 Å². The summed E-state index contributed by atoms with van der Waals surface area (Å²) < 4.78 is 0. The van der Waals surface area contributed by atoms with E-state index in [2.05, 4.69) is 28.9 Å². The first-order chi connectivity index (χ1) is 15.7. The SMILES string of the molecule is CCc1ccc(N2C(=O)C(c3cccs3)=C(N3CCN(c4ccccc4)CC3)C2=O)cc1. The van der Waals surface area contributed by atoms with Crippen LogP contribution < -0.4 is 9.80 Å². The Morgan fingerprint density at radius 1 is 0.750 bits per heavy atom. The molecular weight excluding hydrogens is 418 g/mol. The summed E-state index contributed by atoms with van der Waals surface area (Å²) in [6.07, 6.45) is 0.914. The van der Waals surface area contributed by atoms with Gasteiger partial charge < -0.3 is 9.80 Å². The number of piperazine rings is 1. The Kier molecular flexibility index (Phi) is 5.53. The van der Waals surface area contributed by atoms with Crippen molar-refractivity contribution in [2.45, 2.75) is 13.3 Å². The number of imide groups is 1. The minimum absolute atomic E-state index is 0.226. The van der Waals surface area contributed by atoms with Gasteiger partial charge in [0.1, 0.15) is 5.70 Å². The van der Waals surface area contributed by atoms with Crippen LogP contribution in [0.2, 0.25) is 0 Å². The topological polar surface area (TPSA) is 43.9 Å². The second kappa shape index (κ2) is 8.63. The Bertz CT molecular complexity index is 1150. The van der Waals surface area contributed by atoms with Crippen LogP contribution in [0, 0.1) is 0 Å². The monoisotopic (exact) mass is 443 g/mol. The van der Waals surface area contributed by atoms with Crippen LogP contribution in [-0.2, 0) is 16.0 Å². The van der Waals surface area contributed by atoms with E-state index in [0.29, 0.717) is 30.0 Å². The Balaban J connectivity index is 1.46. The molecular formula is C26H25N3O2S. The van der Waals surface area contributed by atoms with Gasteiger partial charge in [-0.1, -0.05) is 43.3 Å². The van der Waals surface area contributed by atoms with Crippen LogP contribution in [0.15, 0.2) is 77.8 Å². The average Bonchev–Trinajstić information content (AvgIpc) is 3.46. The first-order valence-electron chi connectivity index (χ1n) is 11.0. The molecule has 0 bridgehead atoms. The van der Waals surface area contributed by atoms with E-state index in [-0.39, 0.29) is 11.8 Å². The zero-order valence-corrected chi connectivity index (χ0v) is 18.8. The van der Waals surface area contributed by atoms with Gasteiger partial charge in [-0.3, -0.25) is 9.59 Å². The number of carbonyl (C=O) groups is 2. The highest BCUT2D eigenvalue weighted by atomic mass is 32.1. The van der Waals surface area contributed by atoms with E-state index < -0.39 is 0 Å². The third kappa shape index (κ3) is 3.60. The molecule has 32 heavy (non-hydrogen) atoms. The van der Waals surface area contributed by atoms with Gasteiger partial charge in [0.15, 0.2) is 0 Å². The van der Waals surface area contributed by atoms with Crippen molar-refractivity contribution in [1.29, 1.82) is 0 Å². The number of anilines is 2. The van der Waals surface area contributed by atoms with Crippen molar-refractivity contribution >= 4 is 40.1 Å². The summed E-state index contributed by atoms with van der Waals surface area (Å²) in [6.45, 7) is 5.09. The summed E-state index contributed by atoms with van der Waals surface area (Å²) in [7, 11) is 0. The molecule has 0 radical (unpaired) electrons. The van der Waals surface area contributed by atoms with Gasteiger partial charge in [0.2, 0.25) is 0 Å². The number of para-hydroxylation sites is 1. The van der Waals surface area contributed by atoms with Crippen molar-refractivity contribution < 1.29 is 9.59 Å². The van der Waals surface area contributed by atoms with Crippen LogP contribution in [0.4, 0.5) is 11.4 Å². The lowest BCUT2D eigenvalue weighted by atomic mass is 10.1. The third-order valence-electron chi connectivity index (χ3n) is 6.15. The van der Waals surface area contributed by atoms with E-state index in [1.165, 1.54) is 27.5 Å². The highest BCUT2D eigenvalue weighted by molar-refractivity contribution is 7.11. The number of aryl methyl sites for hydroxylation is 1. The maximum Gasteiger partial charge on any atom is 0.282 e. The molecule has 5 rings (SSSR count). The number of carbonyl (C=O) groups excluding carboxylic acids is 2. The smallest absolute Gasteiger partial charge is 0.282 e. The van der Waals surface area contributed by atoms with Crippen LogP contribution in [0.3, 0.4) is 0 Å². The highest BCUT2D eigenvalue weighted by Gasteiger charge is 2.43. The third-order valence-corrected chi connectivity index (χ3v) is 7.03. The lowest BCUT2D eigenvalue weighted by molar-refractivity contribution is -0.120. The lowest BCUT2D eigenvalue weighted by Gasteiger charge is -2.37. The molecule has 1 aromatic heterocycles. The standard InChI is InChI=1S/C26H25N3O2S/c1-2-19-10-12-21(13-11-19)29-25(30)23(22-9-6-18-32-22)24(26(29)31)28-16-14-27(15-17-28)20-7-4-3-5-8-20/h3-13,18H,2,14-17H2,1H3. The molecule has 0 saturated carbocycles. The average molecular weight is 444 g/mol. The maximum atomic E-state index is 13.6. The number of hydrogen-bond donors (Lipinski definition) is 0. The van der Waals surface area contributed by atoms with Crippen LogP contribution in [0.1, 0.15) is 17.4 Å². The molecule has 1 saturated heterocycles. The zero-order chi connectivity index (χ0) is 22.1. The minimum Gasteiger partial charge on any atom is -0.368 e. The molecule has 2 amide bonds. The first-order valence-corrected chi connectivity index (χ1v) is 11.9. The van der Waals surface area contributed by atoms with E-state index >= 15 is 0 Å². The van der Waals surface area contributed by atoms with Crippen LogP contribution in [-0.4, -0.2) is 42.9 Å². The number of hydrogen-bond acceptors (Lipinski definition) is 5. The van der Waals surface area contributed by atoms with Crippen LogP contribution in [0.25, 0.3) is 5.57 Å². The largest absolute Gasteiger partial charge is 0.368 e. The predicted octanol–water partition coefficient (Wildman–Crippen LogP) is 4.42. The Morgan fingerprint density at radius 2 is 1.44 bits per heavy atom. The van der Waals surface area contributed by atoms with Gasteiger partial charge in [0.25, 0.3) is 11.8 Å². The van der Waals surface area contributed by atoms with Crippen molar-refractivity contribution in [2.75, 3.05) is 36.0 Å². The molecule has 2 aliphatic rings. The van der Waals surface area contributed by atoms with Crippen molar-refractivity contribution in [3.63, 3.8) is 0 Å². The Hall–Kier alpha value is -3.38. The van der Waals surface area contributed by atoms with Gasteiger partial charge >= 0.3 is 0 Å². The number of nitrogens with zero attached hydrogens (tertiary/aromatic N) is 3. The molecule has 5 nitrogen and oxygen atoms in total. The van der Waals surface area contributed by atoms with E-state index in [1.807, 2.05) is 60.0 Å². The first kappa shape index (κ1) is 20.5. The summed E-state index contributed by atoms with van der Waals surface area (Å²) in [4.78, 5) is 33.7. The zero-order valence-electron chi connectivity index (χ0n) is 18.0.